The highest BCUT2D eigenvalue weighted by atomic mass is 32.1. The van der Waals surface area contributed by atoms with Gasteiger partial charge in [-0.25, -0.2) is 0 Å². The minimum absolute atomic E-state index is 0.0429. The summed E-state index contributed by atoms with van der Waals surface area (Å²) in [6.07, 6.45) is 1.72. The second-order valence-corrected chi connectivity index (χ2v) is 7.14. The smallest absolute Gasteiger partial charge is 0.357 e. The van der Waals surface area contributed by atoms with Crippen LogP contribution in [0, 0.1) is 11.8 Å². The van der Waals surface area contributed by atoms with Crippen LogP contribution in [0.25, 0.3) is 0 Å². The number of esters is 1. The van der Waals surface area contributed by atoms with E-state index in [1.165, 1.54) is 7.11 Å². The number of para-hydroxylation sites is 1. The number of rotatable bonds is 4. The molecule has 3 rings (SSSR count). The van der Waals surface area contributed by atoms with Crippen molar-refractivity contribution in [1.29, 1.82) is 0 Å². The summed E-state index contributed by atoms with van der Waals surface area (Å²) in [5, 5.41) is 0.0429. The van der Waals surface area contributed by atoms with E-state index in [-0.39, 0.29) is 29.6 Å². The molecule has 6 heteroatoms. The number of fused-ring (bicyclic) bond motifs is 2. The number of ether oxygens (including phenoxy) is 4. The van der Waals surface area contributed by atoms with E-state index in [4.69, 9.17) is 31.2 Å². The Morgan fingerprint density at radius 2 is 1.92 bits per heavy atom. The van der Waals surface area contributed by atoms with Crippen molar-refractivity contribution >= 4 is 23.4 Å². The summed E-state index contributed by atoms with van der Waals surface area (Å²) in [6, 6.07) is 9.21. The first-order valence-corrected chi connectivity index (χ1v) is 8.46. The first-order chi connectivity index (χ1) is 11.4. The third-order valence-electron chi connectivity index (χ3n) is 5.21. The Morgan fingerprint density at radius 3 is 2.58 bits per heavy atom. The Labute approximate surface area is 147 Å². The predicted molar refractivity (Wildman–Crippen MR) is 91.7 cm³/mol. The fraction of sp³-hybridized carbons (Fsp3) is 0.556. The van der Waals surface area contributed by atoms with Crippen molar-refractivity contribution in [3.8, 4) is 5.75 Å². The van der Waals surface area contributed by atoms with Gasteiger partial charge in [-0.05, 0) is 38.8 Å². The summed E-state index contributed by atoms with van der Waals surface area (Å²) in [4.78, 5) is 12.3. The van der Waals surface area contributed by atoms with Crippen LogP contribution in [0.2, 0.25) is 0 Å². The molecule has 0 radical (unpaired) electrons. The van der Waals surface area contributed by atoms with Crippen LogP contribution in [0.1, 0.15) is 26.7 Å². The monoisotopic (exact) mass is 350 g/mol. The molecule has 0 amide bonds. The second kappa shape index (κ2) is 6.33. The van der Waals surface area contributed by atoms with E-state index >= 15 is 0 Å². The highest BCUT2D eigenvalue weighted by molar-refractivity contribution is 7.79. The van der Waals surface area contributed by atoms with E-state index in [1.54, 1.807) is 12.1 Å². The Morgan fingerprint density at radius 1 is 1.25 bits per heavy atom. The van der Waals surface area contributed by atoms with Crippen molar-refractivity contribution < 1.29 is 23.7 Å². The Balaban J connectivity index is 1.67. The maximum atomic E-state index is 12.3. The number of carbonyl (C=O) groups is 1. The summed E-state index contributed by atoms with van der Waals surface area (Å²) in [7, 11) is 1.40. The number of benzene rings is 1. The maximum absolute atomic E-state index is 12.3. The van der Waals surface area contributed by atoms with Crippen molar-refractivity contribution in [3.63, 3.8) is 0 Å². The lowest BCUT2D eigenvalue weighted by Gasteiger charge is -2.34. The lowest BCUT2D eigenvalue weighted by molar-refractivity contribution is -0.152. The molecule has 1 aromatic carbocycles. The van der Waals surface area contributed by atoms with Crippen molar-refractivity contribution in [2.75, 3.05) is 13.7 Å². The predicted octanol–water partition coefficient (Wildman–Crippen LogP) is 3.11. The summed E-state index contributed by atoms with van der Waals surface area (Å²) in [5.74, 6) is -0.124. The molecule has 1 aromatic rings. The van der Waals surface area contributed by atoms with Crippen LogP contribution < -0.4 is 4.74 Å². The average molecular weight is 350 g/mol. The molecule has 2 fully saturated rings. The number of methoxy groups -OCH3 is 1. The van der Waals surface area contributed by atoms with E-state index in [0.717, 1.165) is 12.8 Å². The number of carbonyl (C=O) groups excluding carboxylic acids is 1. The average Bonchev–Trinajstić information content (AvgIpc) is 2.99. The van der Waals surface area contributed by atoms with Crippen LogP contribution in [-0.4, -0.2) is 36.1 Å². The van der Waals surface area contributed by atoms with Gasteiger partial charge >= 0.3 is 11.2 Å². The third-order valence-corrected chi connectivity index (χ3v) is 5.41. The molecule has 24 heavy (non-hydrogen) atoms. The van der Waals surface area contributed by atoms with Crippen LogP contribution in [0.3, 0.4) is 0 Å². The minimum Gasteiger partial charge on any atom is -0.469 e. The molecule has 0 aromatic heterocycles. The van der Waals surface area contributed by atoms with Crippen molar-refractivity contribution in [2.45, 2.75) is 37.9 Å². The van der Waals surface area contributed by atoms with Gasteiger partial charge in [-0.3, -0.25) is 4.79 Å². The highest BCUT2D eigenvalue weighted by Crippen LogP contribution is 2.57. The quantitative estimate of drug-likeness (QED) is 0.614. The molecule has 0 spiro atoms. The summed E-state index contributed by atoms with van der Waals surface area (Å²) in [6.45, 7) is 4.26. The lowest BCUT2D eigenvalue weighted by atomic mass is 9.68. The normalized spacial score (nSPS) is 34.0. The molecule has 5 nitrogen and oxygen atoms in total. The third kappa shape index (κ3) is 3.00. The van der Waals surface area contributed by atoms with Gasteiger partial charge in [0, 0.05) is 18.1 Å². The van der Waals surface area contributed by atoms with Gasteiger partial charge in [0.25, 0.3) is 0 Å². The minimum atomic E-state index is -0.502. The van der Waals surface area contributed by atoms with E-state index in [2.05, 4.69) is 0 Å². The zero-order chi connectivity index (χ0) is 17.4. The van der Waals surface area contributed by atoms with Crippen molar-refractivity contribution in [2.24, 2.45) is 11.8 Å². The number of thiocarbonyl (C=S) groups is 1. The zero-order valence-electron chi connectivity index (χ0n) is 14.1. The van der Waals surface area contributed by atoms with Crippen molar-refractivity contribution in [3.05, 3.63) is 30.3 Å². The van der Waals surface area contributed by atoms with Crippen LogP contribution in [0.15, 0.2) is 30.3 Å². The molecule has 0 unspecified atom stereocenters. The molecule has 0 saturated carbocycles. The Kier molecular flexibility index (Phi) is 4.53. The van der Waals surface area contributed by atoms with Crippen LogP contribution in [-0.2, 0) is 19.0 Å². The van der Waals surface area contributed by atoms with Crippen LogP contribution in [0.4, 0.5) is 0 Å². The molecule has 2 aliphatic rings. The van der Waals surface area contributed by atoms with Gasteiger partial charge in [0.15, 0.2) is 0 Å². The number of hydrogen-bond acceptors (Lipinski definition) is 6. The molecule has 2 aliphatic heterocycles. The molecule has 2 heterocycles. The van der Waals surface area contributed by atoms with Gasteiger partial charge in [-0.2, -0.15) is 0 Å². The SMILES string of the molecule is COC(=O)[C@@H]1[C@@H](COC(=S)Oc2ccccc2)[C@]2(C)CC[C@@]1(C)O2. The molecule has 4 atom stereocenters. The highest BCUT2D eigenvalue weighted by Gasteiger charge is 2.66. The van der Waals surface area contributed by atoms with Gasteiger partial charge in [0.1, 0.15) is 5.75 Å². The van der Waals surface area contributed by atoms with Crippen LogP contribution in [0.5, 0.6) is 5.75 Å². The first-order valence-electron chi connectivity index (χ1n) is 8.06. The van der Waals surface area contributed by atoms with Crippen molar-refractivity contribution in [1.82, 2.24) is 0 Å². The van der Waals surface area contributed by atoms with E-state index in [0.29, 0.717) is 5.75 Å². The molecular weight excluding hydrogens is 328 g/mol. The van der Waals surface area contributed by atoms with Gasteiger partial charge in [0.2, 0.25) is 0 Å². The molecule has 2 bridgehead atoms. The Bertz CT molecular complexity index is 634. The van der Waals surface area contributed by atoms with Gasteiger partial charge < -0.3 is 18.9 Å². The van der Waals surface area contributed by atoms with Gasteiger partial charge in [-0.15, -0.1) is 0 Å². The Hall–Kier alpha value is -1.66. The zero-order valence-corrected chi connectivity index (χ0v) is 14.9. The standard InChI is InChI=1S/C18H22O5S/c1-17-9-10-18(2,23-17)14(15(19)20-3)13(17)11-21-16(24)22-12-7-5-4-6-8-12/h4-8,13-14H,9-11H2,1-3H3/t13-,14+,17+,18-/m1/s1. The maximum Gasteiger partial charge on any atom is 0.357 e. The van der Waals surface area contributed by atoms with E-state index < -0.39 is 11.2 Å². The second-order valence-electron chi connectivity index (χ2n) is 6.81. The largest absolute Gasteiger partial charge is 0.469 e. The van der Waals surface area contributed by atoms with Crippen LogP contribution >= 0.6 is 12.2 Å². The topological polar surface area (TPSA) is 54.0 Å². The van der Waals surface area contributed by atoms with E-state index in [9.17, 15) is 4.79 Å². The molecular formula is C18H22O5S. The van der Waals surface area contributed by atoms with Gasteiger partial charge in [-0.1, -0.05) is 18.2 Å². The molecule has 130 valence electrons. The lowest BCUT2D eigenvalue weighted by Crippen LogP contribution is -2.45. The summed E-state index contributed by atoms with van der Waals surface area (Å²) in [5.41, 5.74) is -0.909. The van der Waals surface area contributed by atoms with E-state index in [1.807, 2.05) is 32.0 Å². The number of hydrogen-bond donors (Lipinski definition) is 0. The fourth-order valence-corrected chi connectivity index (χ4v) is 4.14. The first kappa shape index (κ1) is 17.2. The molecule has 0 N–H and O–H groups in total. The summed E-state index contributed by atoms with van der Waals surface area (Å²) < 4.78 is 22.3. The molecule has 0 aliphatic carbocycles. The fourth-order valence-electron chi connectivity index (χ4n) is 3.97. The summed E-state index contributed by atoms with van der Waals surface area (Å²) >= 11 is 5.15. The molecule has 2 saturated heterocycles. The van der Waals surface area contributed by atoms with Gasteiger partial charge in [0.05, 0.1) is 30.8 Å².